The van der Waals surface area contributed by atoms with E-state index in [1.165, 1.54) is 6.42 Å². The van der Waals surface area contributed by atoms with Crippen molar-refractivity contribution in [3.05, 3.63) is 0 Å². The average molecular weight is 158 g/mol. The summed E-state index contributed by atoms with van der Waals surface area (Å²) in [6.45, 7) is 5.45. The Morgan fingerprint density at radius 1 is 1.50 bits per heavy atom. The summed E-state index contributed by atoms with van der Waals surface area (Å²) >= 11 is 5.20. The number of hydrogen-bond acceptors (Lipinski definition) is 1. The Morgan fingerprint density at radius 3 is 2.70 bits per heavy atom. The highest BCUT2D eigenvalue weighted by molar-refractivity contribution is 7.80. The highest BCUT2D eigenvalue weighted by atomic mass is 32.1. The zero-order valence-electron chi connectivity index (χ0n) is 6.63. The molecule has 0 bridgehead atoms. The van der Waals surface area contributed by atoms with Crippen molar-refractivity contribution in [3.63, 3.8) is 0 Å². The van der Waals surface area contributed by atoms with E-state index in [1.54, 1.807) is 0 Å². The molecular weight excluding hydrogens is 144 g/mol. The molecule has 1 saturated heterocycles. The van der Waals surface area contributed by atoms with Crippen LogP contribution in [0.15, 0.2) is 0 Å². The minimum atomic E-state index is 1.01. The molecule has 1 rings (SSSR count). The Labute approximate surface area is 67.8 Å². The molecule has 0 radical (unpaired) electrons. The van der Waals surface area contributed by atoms with Crippen LogP contribution < -0.4 is 0 Å². The van der Waals surface area contributed by atoms with Gasteiger partial charge in [0.2, 0.25) is 0 Å². The molecule has 1 fully saturated rings. The number of hydrogen-bond donors (Lipinski definition) is 0. The molecule has 0 spiro atoms. The predicted octanol–water partition coefficient (Wildman–Crippen LogP) is 0.929. The molecule has 58 valence electrons. The summed E-state index contributed by atoms with van der Waals surface area (Å²) in [6, 6.07) is 0. The fraction of sp³-hybridized carbons (Fsp3) is 0.857. The standard InChI is InChI=1S/C7H14N2S/c1-3-9-6-4-5-8(2)7(9)10/h3-6H2,1-2H3. The highest BCUT2D eigenvalue weighted by Crippen LogP contribution is 2.05. The number of thiocarbonyl (C=S) groups is 1. The summed E-state index contributed by atoms with van der Waals surface area (Å²) in [5.74, 6) is 0. The number of rotatable bonds is 1. The van der Waals surface area contributed by atoms with E-state index in [4.69, 9.17) is 12.2 Å². The van der Waals surface area contributed by atoms with E-state index in [-0.39, 0.29) is 0 Å². The van der Waals surface area contributed by atoms with Crippen LogP contribution in [0, 0.1) is 0 Å². The maximum Gasteiger partial charge on any atom is 0.171 e. The summed E-state index contributed by atoms with van der Waals surface area (Å²) in [4.78, 5) is 4.38. The van der Waals surface area contributed by atoms with Crippen LogP contribution in [0.25, 0.3) is 0 Å². The Morgan fingerprint density at radius 2 is 2.20 bits per heavy atom. The van der Waals surface area contributed by atoms with Gasteiger partial charge in [-0.25, -0.2) is 0 Å². The molecule has 0 saturated carbocycles. The molecule has 1 aliphatic rings. The van der Waals surface area contributed by atoms with E-state index in [1.807, 2.05) is 0 Å². The first-order chi connectivity index (χ1) is 4.75. The lowest BCUT2D eigenvalue weighted by atomic mass is 10.3. The van der Waals surface area contributed by atoms with Crippen LogP contribution in [0.2, 0.25) is 0 Å². The van der Waals surface area contributed by atoms with Gasteiger partial charge < -0.3 is 9.80 Å². The molecule has 0 atom stereocenters. The predicted molar refractivity (Wildman–Crippen MR) is 47.1 cm³/mol. The van der Waals surface area contributed by atoms with Gasteiger partial charge in [0.25, 0.3) is 0 Å². The third-order valence-electron chi connectivity index (χ3n) is 1.90. The molecule has 0 aromatic rings. The zero-order chi connectivity index (χ0) is 7.56. The van der Waals surface area contributed by atoms with E-state index in [0.29, 0.717) is 0 Å². The van der Waals surface area contributed by atoms with Crippen LogP contribution in [-0.2, 0) is 0 Å². The van der Waals surface area contributed by atoms with Crippen molar-refractivity contribution >= 4 is 17.3 Å². The van der Waals surface area contributed by atoms with E-state index in [0.717, 1.165) is 24.7 Å². The van der Waals surface area contributed by atoms with Gasteiger partial charge in [-0.15, -0.1) is 0 Å². The van der Waals surface area contributed by atoms with Gasteiger partial charge in [0.1, 0.15) is 0 Å². The first-order valence-corrected chi connectivity index (χ1v) is 4.16. The van der Waals surface area contributed by atoms with Gasteiger partial charge >= 0.3 is 0 Å². The van der Waals surface area contributed by atoms with E-state index >= 15 is 0 Å². The maximum absolute atomic E-state index is 5.20. The quantitative estimate of drug-likeness (QED) is 0.524. The lowest BCUT2D eigenvalue weighted by Crippen LogP contribution is -2.46. The van der Waals surface area contributed by atoms with Gasteiger partial charge in [-0.2, -0.15) is 0 Å². The first kappa shape index (κ1) is 7.79. The van der Waals surface area contributed by atoms with Crippen molar-refractivity contribution < 1.29 is 0 Å². The molecule has 1 heterocycles. The van der Waals surface area contributed by atoms with Gasteiger partial charge in [0.05, 0.1) is 0 Å². The van der Waals surface area contributed by atoms with Gasteiger partial charge in [-0.3, -0.25) is 0 Å². The molecule has 1 aliphatic heterocycles. The summed E-state index contributed by atoms with van der Waals surface area (Å²) in [5, 5.41) is 1.01. The topological polar surface area (TPSA) is 6.48 Å². The smallest absolute Gasteiger partial charge is 0.171 e. The van der Waals surface area contributed by atoms with Crippen molar-refractivity contribution in [1.82, 2.24) is 9.80 Å². The fourth-order valence-electron chi connectivity index (χ4n) is 1.22. The largest absolute Gasteiger partial charge is 0.352 e. The SMILES string of the molecule is CCN1CCCN(C)C1=S. The van der Waals surface area contributed by atoms with Crippen molar-refractivity contribution in [2.45, 2.75) is 13.3 Å². The molecule has 0 amide bonds. The summed E-state index contributed by atoms with van der Waals surface area (Å²) < 4.78 is 0. The van der Waals surface area contributed by atoms with Gasteiger partial charge in [-0.1, -0.05) is 0 Å². The van der Waals surface area contributed by atoms with E-state index < -0.39 is 0 Å². The summed E-state index contributed by atoms with van der Waals surface area (Å²) in [7, 11) is 2.06. The van der Waals surface area contributed by atoms with Crippen molar-refractivity contribution in [2.24, 2.45) is 0 Å². The number of nitrogens with zero attached hydrogens (tertiary/aromatic N) is 2. The summed E-state index contributed by atoms with van der Waals surface area (Å²) in [5.41, 5.74) is 0. The van der Waals surface area contributed by atoms with E-state index in [2.05, 4.69) is 23.8 Å². The van der Waals surface area contributed by atoms with Gasteiger partial charge in [-0.05, 0) is 25.6 Å². The van der Waals surface area contributed by atoms with Crippen LogP contribution in [-0.4, -0.2) is 41.6 Å². The molecule has 0 N–H and O–H groups in total. The molecule has 0 aromatic carbocycles. The Bertz CT molecular complexity index is 136. The first-order valence-electron chi connectivity index (χ1n) is 3.75. The summed E-state index contributed by atoms with van der Waals surface area (Å²) in [6.07, 6.45) is 1.24. The zero-order valence-corrected chi connectivity index (χ0v) is 7.45. The second-order valence-electron chi connectivity index (χ2n) is 2.64. The minimum Gasteiger partial charge on any atom is -0.352 e. The normalized spacial score (nSPS) is 20.0. The minimum absolute atomic E-state index is 1.01. The Kier molecular flexibility index (Phi) is 2.49. The molecular formula is C7H14N2S. The van der Waals surface area contributed by atoms with Gasteiger partial charge in [0, 0.05) is 26.7 Å². The molecule has 10 heavy (non-hydrogen) atoms. The van der Waals surface area contributed by atoms with Crippen molar-refractivity contribution in [2.75, 3.05) is 26.7 Å². The Balaban J connectivity index is 2.51. The molecule has 0 aromatic heterocycles. The third kappa shape index (κ3) is 1.40. The van der Waals surface area contributed by atoms with Crippen LogP contribution in [0.3, 0.4) is 0 Å². The average Bonchev–Trinajstić information content (AvgIpc) is 1.95. The van der Waals surface area contributed by atoms with Gasteiger partial charge in [0.15, 0.2) is 5.11 Å². The second-order valence-corrected chi connectivity index (χ2v) is 3.00. The van der Waals surface area contributed by atoms with Crippen molar-refractivity contribution in [1.29, 1.82) is 0 Å². The maximum atomic E-state index is 5.20. The molecule has 2 nitrogen and oxygen atoms in total. The lowest BCUT2D eigenvalue weighted by Gasteiger charge is -2.35. The third-order valence-corrected chi connectivity index (χ3v) is 2.47. The molecule has 0 unspecified atom stereocenters. The van der Waals surface area contributed by atoms with Crippen LogP contribution in [0.4, 0.5) is 0 Å². The van der Waals surface area contributed by atoms with Crippen molar-refractivity contribution in [3.8, 4) is 0 Å². The Hall–Kier alpha value is -0.310. The molecule has 0 aliphatic carbocycles. The molecule has 3 heteroatoms. The van der Waals surface area contributed by atoms with Crippen LogP contribution >= 0.6 is 12.2 Å². The van der Waals surface area contributed by atoms with Crippen LogP contribution in [0.1, 0.15) is 13.3 Å². The second kappa shape index (κ2) is 3.19. The lowest BCUT2D eigenvalue weighted by molar-refractivity contribution is 0.303. The van der Waals surface area contributed by atoms with E-state index in [9.17, 15) is 0 Å². The van der Waals surface area contributed by atoms with Crippen LogP contribution in [0.5, 0.6) is 0 Å². The fourth-order valence-corrected chi connectivity index (χ4v) is 1.54. The monoisotopic (exact) mass is 158 g/mol. The highest BCUT2D eigenvalue weighted by Gasteiger charge is 2.16.